The summed E-state index contributed by atoms with van der Waals surface area (Å²) in [4.78, 5) is 14.1. The van der Waals surface area contributed by atoms with Crippen LogP contribution in [0.5, 0.6) is 0 Å². The number of nitrogens with one attached hydrogen (secondary N) is 1. The van der Waals surface area contributed by atoms with E-state index in [0.717, 1.165) is 0 Å². The lowest BCUT2D eigenvalue weighted by molar-refractivity contribution is -0.137. The quantitative estimate of drug-likeness (QED) is 0.617. The maximum Gasteiger partial charge on any atom is 0.282 e. The van der Waals surface area contributed by atoms with Gasteiger partial charge < -0.3 is 19.7 Å². The molecule has 0 aromatic rings. The van der Waals surface area contributed by atoms with Crippen molar-refractivity contribution in [2.24, 2.45) is 0 Å². The van der Waals surface area contributed by atoms with E-state index in [2.05, 4.69) is 5.32 Å². The Morgan fingerprint density at radius 3 is 2.17 bits per heavy atom. The number of carbonyl (C=O) groups is 1. The van der Waals surface area contributed by atoms with Crippen LogP contribution in [0.1, 0.15) is 0 Å². The van der Waals surface area contributed by atoms with Gasteiger partial charge in [-0.2, -0.15) is 17.0 Å². The van der Waals surface area contributed by atoms with E-state index in [-0.39, 0.29) is 11.9 Å². The topological polar surface area (TPSA) is 91.4 Å². The number of hydrogen-bond acceptors (Lipinski definition) is 6. The van der Waals surface area contributed by atoms with Crippen LogP contribution in [-0.4, -0.2) is 106 Å². The molecule has 1 amide bonds. The van der Waals surface area contributed by atoms with Crippen molar-refractivity contribution in [3.05, 3.63) is 0 Å². The predicted molar refractivity (Wildman–Crippen MR) is 82.1 cm³/mol. The van der Waals surface area contributed by atoms with Crippen molar-refractivity contribution in [2.75, 3.05) is 72.2 Å². The zero-order valence-corrected chi connectivity index (χ0v) is 14.0. The molecule has 3 aliphatic heterocycles. The molecule has 3 saturated heterocycles. The van der Waals surface area contributed by atoms with Crippen molar-refractivity contribution in [3.63, 3.8) is 0 Å². The summed E-state index contributed by atoms with van der Waals surface area (Å²) in [6, 6.07) is -0.314. The summed E-state index contributed by atoms with van der Waals surface area (Å²) in [5.74, 6) is -0.00637. The van der Waals surface area contributed by atoms with Gasteiger partial charge in [-0.05, 0) is 0 Å². The van der Waals surface area contributed by atoms with E-state index in [9.17, 15) is 13.2 Å². The maximum absolute atomic E-state index is 12.6. The normalized spacial score (nSPS) is 28.7. The third-order valence-corrected chi connectivity index (χ3v) is 6.43. The largest absolute Gasteiger partial charge is 0.379 e. The summed E-state index contributed by atoms with van der Waals surface area (Å²) in [6.07, 6.45) is 0. The molecule has 0 aromatic heterocycles. The molecule has 0 spiro atoms. The maximum atomic E-state index is 12.6. The molecule has 132 valence electrons. The molecule has 1 atom stereocenters. The smallest absolute Gasteiger partial charge is 0.282 e. The van der Waals surface area contributed by atoms with Crippen LogP contribution in [0.3, 0.4) is 0 Å². The summed E-state index contributed by atoms with van der Waals surface area (Å²) in [5.41, 5.74) is 0. The van der Waals surface area contributed by atoms with Gasteiger partial charge in [-0.3, -0.25) is 4.79 Å². The second-order valence-electron chi connectivity index (χ2n) is 5.83. The first-order chi connectivity index (χ1) is 11.1. The van der Waals surface area contributed by atoms with Gasteiger partial charge in [-0.15, -0.1) is 0 Å². The molecule has 0 radical (unpaired) electrons. The molecule has 10 heteroatoms. The Labute approximate surface area is 136 Å². The molecule has 0 saturated carbocycles. The zero-order valence-electron chi connectivity index (χ0n) is 13.1. The minimum absolute atomic E-state index is 0.00637. The first-order valence-electron chi connectivity index (χ1n) is 8.02. The number of amides is 1. The number of rotatable bonds is 3. The SMILES string of the molecule is O=C(C1COCCN1)N1CCN(S(=O)(=O)N2CCOCC2)CC1. The number of morpholine rings is 2. The molecule has 0 bridgehead atoms. The van der Waals surface area contributed by atoms with E-state index in [1.54, 1.807) is 4.90 Å². The third kappa shape index (κ3) is 3.83. The van der Waals surface area contributed by atoms with Crippen LogP contribution in [0.4, 0.5) is 0 Å². The second kappa shape index (κ2) is 7.41. The van der Waals surface area contributed by atoms with E-state index < -0.39 is 10.2 Å². The highest BCUT2D eigenvalue weighted by atomic mass is 32.2. The van der Waals surface area contributed by atoms with Crippen molar-refractivity contribution >= 4 is 16.1 Å². The van der Waals surface area contributed by atoms with Gasteiger partial charge in [0.1, 0.15) is 6.04 Å². The van der Waals surface area contributed by atoms with Gasteiger partial charge in [0.25, 0.3) is 10.2 Å². The van der Waals surface area contributed by atoms with E-state index in [1.807, 2.05) is 0 Å². The standard InChI is InChI=1S/C13H24N4O5S/c18-13(12-11-22-8-1-14-12)15-2-4-16(5-3-15)23(19,20)17-6-9-21-10-7-17/h12,14H,1-11H2. The van der Waals surface area contributed by atoms with Crippen molar-refractivity contribution in [3.8, 4) is 0 Å². The summed E-state index contributed by atoms with van der Waals surface area (Å²) in [6.45, 7) is 4.83. The minimum atomic E-state index is -3.45. The molecule has 1 N–H and O–H groups in total. The molecule has 1 unspecified atom stereocenters. The molecule has 0 aliphatic carbocycles. The van der Waals surface area contributed by atoms with E-state index >= 15 is 0 Å². The third-order valence-electron chi connectivity index (χ3n) is 4.39. The number of nitrogens with zero attached hydrogens (tertiary/aromatic N) is 3. The Kier molecular flexibility index (Phi) is 5.49. The predicted octanol–water partition coefficient (Wildman–Crippen LogP) is -2.30. The number of piperazine rings is 1. The fourth-order valence-electron chi connectivity index (χ4n) is 3.02. The van der Waals surface area contributed by atoms with Crippen molar-refractivity contribution in [1.29, 1.82) is 0 Å². The number of ether oxygens (including phenoxy) is 2. The molecule has 3 rings (SSSR count). The van der Waals surface area contributed by atoms with Gasteiger partial charge >= 0.3 is 0 Å². The zero-order chi connectivity index (χ0) is 16.3. The van der Waals surface area contributed by atoms with E-state index in [1.165, 1.54) is 8.61 Å². The summed E-state index contributed by atoms with van der Waals surface area (Å²) >= 11 is 0. The van der Waals surface area contributed by atoms with Gasteiger partial charge in [0.05, 0.1) is 26.4 Å². The van der Waals surface area contributed by atoms with Crippen LogP contribution in [0, 0.1) is 0 Å². The van der Waals surface area contributed by atoms with Crippen LogP contribution < -0.4 is 5.32 Å². The molecular weight excluding hydrogens is 324 g/mol. The van der Waals surface area contributed by atoms with Gasteiger partial charge in [0.15, 0.2) is 0 Å². The molecular formula is C13H24N4O5S. The number of carbonyl (C=O) groups excluding carboxylic acids is 1. The lowest BCUT2D eigenvalue weighted by Gasteiger charge is -2.39. The second-order valence-corrected chi connectivity index (χ2v) is 7.75. The first kappa shape index (κ1) is 17.1. The van der Waals surface area contributed by atoms with Crippen LogP contribution >= 0.6 is 0 Å². The molecule has 3 aliphatic rings. The fourth-order valence-corrected chi connectivity index (χ4v) is 4.59. The minimum Gasteiger partial charge on any atom is -0.379 e. The average Bonchev–Trinajstić information content (AvgIpc) is 2.63. The Bertz CT molecular complexity index is 508. The van der Waals surface area contributed by atoms with Gasteiger partial charge in [-0.25, -0.2) is 0 Å². The Morgan fingerprint density at radius 1 is 0.913 bits per heavy atom. The monoisotopic (exact) mass is 348 g/mol. The number of hydrogen-bond donors (Lipinski definition) is 1. The highest BCUT2D eigenvalue weighted by Crippen LogP contribution is 2.14. The lowest BCUT2D eigenvalue weighted by atomic mass is 10.2. The average molecular weight is 348 g/mol. The molecule has 23 heavy (non-hydrogen) atoms. The van der Waals surface area contributed by atoms with Crippen LogP contribution in [-0.2, 0) is 24.5 Å². The summed E-state index contributed by atoms with van der Waals surface area (Å²) in [7, 11) is -3.45. The molecule has 0 aromatic carbocycles. The van der Waals surface area contributed by atoms with Crippen molar-refractivity contribution in [1.82, 2.24) is 18.8 Å². The molecule has 9 nitrogen and oxygen atoms in total. The Hall–Kier alpha value is -0.780. The molecule has 3 heterocycles. The van der Waals surface area contributed by atoms with Crippen LogP contribution in [0.15, 0.2) is 0 Å². The van der Waals surface area contributed by atoms with Gasteiger partial charge in [-0.1, -0.05) is 0 Å². The first-order valence-corrected chi connectivity index (χ1v) is 9.41. The molecule has 3 fully saturated rings. The van der Waals surface area contributed by atoms with E-state index in [4.69, 9.17) is 9.47 Å². The van der Waals surface area contributed by atoms with Crippen molar-refractivity contribution < 1.29 is 22.7 Å². The highest BCUT2D eigenvalue weighted by molar-refractivity contribution is 7.86. The Balaban J connectivity index is 1.54. The van der Waals surface area contributed by atoms with Gasteiger partial charge in [0.2, 0.25) is 5.91 Å². The summed E-state index contributed by atoms with van der Waals surface area (Å²) < 4.78 is 38.6. The van der Waals surface area contributed by atoms with Crippen LogP contribution in [0.2, 0.25) is 0 Å². The van der Waals surface area contributed by atoms with E-state index in [0.29, 0.717) is 72.2 Å². The lowest BCUT2D eigenvalue weighted by Crippen LogP contribution is -2.59. The highest BCUT2D eigenvalue weighted by Gasteiger charge is 2.35. The van der Waals surface area contributed by atoms with Crippen molar-refractivity contribution in [2.45, 2.75) is 6.04 Å². The summed E-state index contributed by atoms with van der Waals surface area (Å²) in [5, 5.41) is 3.14. The van der Waals surface area contributed by atoms with Gasteiger partial charge in [0, 0.05) is 45.8 Å². The fraction of sp³-hybridized carbons (Fsp3) is 0.923. The van der Waals surface area contributed by atoms with Crippen LogP contribution in [0.25, 0.3) is 0 Å². The Morgan fingerprint density at radius 2 is 1.57 bits per heavy atom.